The molecule has 0 aliphatic carbocycles. The number of hydrogen-bond donors (Lipinski definition) is 0. The van der Waals surface area contributed by atoms with Crippen molar-refractivity contribution in [1.29, 1.82) is 0 Å². The van der Waals surface area contributed by atoms with E-state index in [1.54, 1.807) is 35.0 Å². The van der Waals surface area contributed by atoms with Gasteiger partial charge in [-0.2, -0.15) is 0 Å². The van der Waals surface area contributed by atoms with Crippen molar-refractivity contribution < 1.29 is 4.39 Å². The normalized spacial score (nSPS) is 11.2. The Morgan fingerprint density at radius 2 is 1.95 bits per heavy atom. The van der Waals surface area contributed by atoms with Crippen molar-refractivity contribution in [2.45, 2.75) is 0 Å². The van der Waals surface area contributed by atoms with E-state index in [1.807, 2.05) is 0 Å². The van der Waals surface area contributed by atoms with Crippen LogP contribution >= 0.6 is 39.1 Å². The van der Waals surface area contributed by atoms with E-state index in [9.17, 15) is 4.39 Å². The first-order valence-corrected chi connectivity index (χ1v) is 6.88. The Labute approximate surface area is 126 Å². The van der Waals surface area contributed by atoms with Gasteiger partial charge in [-0.3, -0.25) is 0 Å². The summed E-state index contributed by atoms with van der Waals surface area (Å²) in [6, 6.07) is 6.43. The third kappa shape index (κ3) is 2.36. The van der Waals surface area contributed by atoms with Crippen LogP contribution in [0.4, 0.5) is 4.39 Å². The number of pyridine rings is 1. The van der Waals surface area contributed by atoms with Crippen LogP contribution in [0.25, 0.3) is 16.9 Å². The molecule has 0 aliphatic heterocycles. The van der Waals surface area contributed by atoms with E-state index in [2.05, 4.69) is 20.9 Å². The summed E-state index contributed by atoms with van der Waals surface area (Å²) in [6.07, 6.45) is 3.37. The highest BCUT2D eigenvalue weighted by Crippen LogP contribution is 2.28. The first-order valence-electron chi connectivity index (χ1n) is 5.34. The molecule has 3 rings (SSSR count). The molecule has 3 aromatic rings. The molecule has 96 valence electrons. The molecule has 0 aliphatic rings. The molecule has 0 saturated carbocycles. The van der Waals surface area contributed by atoms with E-state index in [4.69, 9.17) is 23.2 Å². The van der Waals surface area contributed by atoms with E-state index < -0.39 is 0 Å². The van der Waals surface area contributed by atoms with Crippen LogP contribution in [0.2, 0.25) is 10.0 Å². The van der Waals surface area contributed by atoms with Gasteiger partial charge in [0.1, 0.15) is 5.82 Å². The van der Waals surface area contributed by atoms with Crippen molar-refractivity contribution in [3.05, 3.63) is 57.0 Å². The minimum Gasteiger partial charge on any atom is -0.304 e. The Morgan fingerprint density at radius 1 is 1.16 bits per heavy atom. The van der Waals surface area contributed by atoms with Crippen LogP contribution < -0.4 is 0 Å². The second kappa shape index (κ2) is 4.78. The van der Waals surface area contributed by atoms with Crippen molar-refractivity contribution >= 4 is 44.8 Å². The van der Waals surface area contributed by atoms with Crippen LogP contribution in [-0.4, -0.2) is 9.38 Å². The molecule has 0 N–H and O–H groups in total. The monoisotopic (exact) mass is 358 g/mol. The second-order valence-corrected chi connectivity index (χ2v) is 5.75. The lowest BCUT2D eigenvalue weighted by molar-refractivity contribution is 0.630. The van der Waals surface area contributed by atoms with Gasteiger partial charge in [0.15, 0.2) is 5.65 Å². The van der Waals surface area contributed by atoms with Gasteiger partial charge in [0.25, 0.3) is 0 Å². The fraction of sp³-hybridized carbons (Fsp3) is 0. The minimum absolute atomic E-state index is 0.347. The number of halogens is 4. The Morgan fingerprint density at radius 3 is 2.68 bits per heavy atom. The van der Waals surface area contributed by atoms with E-state index in [0.717, 1.165) is 0 Å². The lowest BCUT2D eigenvalue weighted by Crippen LogP contribution is -1.84. The Bertz CT molecular complexity index is 786. The molecular formula is C13H6BrCl2FN2. The number of rotatable bonds is 1. The summed E-state index contributed by atoms with van der Waals surface area (Å²) in [6.45, 7) is 0. The summed E-state index contributed by atoms with van der Waals surface area (Å²) in [4.78, 5) is 4.33. The molecule has 19 heavy (non-hydrogen) atoms. The van der Waals surface area contributed by atoms with Gasteiger partial charge >= 0.3 is 0 Å². The zero-order valence-corrected chi connectivity index (χ0v) is 12.5. The van der Waals surface area contributed by atoms with Gasteiger partial charge in [-0.05, 0) is 24.3 Å². The molecule has 0 unspecified atom stereocenters. The van der Waals surface area contributed by atoms with Gasteiger partial charge in [0.2, 0.25) is 0 Å². The van der Waals surface area contributed by atoms with E-state index in [1.165, 1.54) is 6.07 Å². The summed E-state index contributed by atoms with van der Waals surface area (Å²) in [7, 11) is 0. The van der Waals surface area contributed by atoms with Crippen LogP contribution in [0.1, 0.15) is 0 Å². The van der Waals surface area contributed by atoms with Crippen molar-refractivity contribution in [3.8, 4) is 11.3 Å². The molecule has 2 aromatic heterocycles. The zero-order chi connectivity index (χ0) is 13.6. The Balaban J connectivity index is 2.23. The maximum atomic E-state index is 13.9. The van der Waals surface area contributed by atoms with Crippen molar-refractivity contribution in [2.24, 2.45) is 0 Å². The second-order valence-electron chi connectivity index (χ2n) is 3.99. The molecule has 6 heteroatoms. The number of hydrogen-bond acceptors (Lipinski definition) is 1. The lowest BCUT2D eigenvalue weighted by Gasteiger charge is -1.98. The molecule has 0 atom stereocenters. The van der Waals surface area contributed by atoms with E-state index in [0.29, 0.717) is 31.4 Å². The first-order chi connectivity index (χ1) is 9.04. The summed E-state index contributed by atoms with van der Waals surface area (Å²) >= 11 is 15.2. The number of aromatic nitrogens is 2. The number of nitrogens with zero attached hydrogens (tertiary/aromatic N) is 2. The van der Waals surface area contributed by atoms with E-state index >= 15 is 0 Å². The van der Waals surface area contributed by atoms with Gasteiger partial charge in [-0.1, -0.05) is 39.1 Å². The predicted molar refractivity (Wildman–Crippen MR) is 78.3 cm³/mol. The highest BCUT2D eigenvalue weighted by molar-refractivity contribution is 9.10. The van der Waals surface area contributed by atoms with Crippen molar-refractivity contribution in [2.75, 3.05) is 0 Å². The Hall–Kier alpha value is -1.10. The average Bonchev–Trinajstić information content (AvgIpc) is 2.72. The SMILES string of the molecule is Fc1cc(Br)ccc1-c1cn2cc(Cl)cc(Cl)c2n1. The molecule has 0 amide bonds. The first kappa shape index (κ1) is 12.9. The topological polar surface area (TPSA) is 17.3 Å². The molecule has 2 nitrogen and oxygen atoms in total. The molecule has 0 bridgehead atoms. The summed E-state index contributed by atoms with van der Waals surface area (Å²) in [5.74, 6) is -0.347. The molecule has 2 heterocycles. The van der Waals surface area contributed by atoms with Crippen LogP contribution in [0.15, 0.2) is 41.1 Å². The van der Waals surface area contributed by atoms with Crippen molar-refractivity contribution in [1.82, 2.24) is 9.38 Å². The zero-order valence-electron chi connectivity index (χ0n) is 9.37. The quantitative estimate of drug-likeness (QED) is 0.583. The third-order valence-corrected chi connectivity index (χ3v) is 3.66. The molecule has 0 spiro atoms. The van der Waals surface area contributed by atoms with Gasteiger partial charge < -0.3 is 4.40 Å². The number of imidazole rings is 1. The summed E-state index contributed by atoms with van der Waals surface area (Å²) in [5, 5.41) is 0.925. The smallest absolute Gasteiger partial charge is 0.156 e. The average molecular weight is 360 g/mol. The summed E-state index contributed by atoms with van der Waals surface area (Å²) < 4.78 is 16.3. The maximum absolute atomic E-state index is 13.9. The van der Waals surface area contributed by atoms with Crippen LogP contribution in [-0.2, 0) is 0 Å². The molecule has 0 saturated heterocycles. The lowest BCUT2D eigenvalue weighted by atomic mass is 10.1. The minimum atomic E-state index is -0.347. The number of benzene rings is 1. The van der Waals surface area contributed by atoms with Crippen LogP contribution in [0.5, 0.6) is 0 Å². The Kier molecular flexibility index (Phi) is 3.25. The summed E-state index contributed by atoms with van der Waals surface area (Å²) in [5.41, 5.74) is 1.47. The van der Waals surface area contributed by atoms with Crippen molar-refractivity contribution in [3.63, 3.8) is 0 Å². The molecule has 0 fully saturated rings. The standard InChI is InChI=1S/C13H6BrCl2FN2/c14-7-1-2-9(11(17)3-7)12-6-19-5-8(15)4-10(16)13(19)18-12/h1-6H. The third-order valence-electron chi connectivity index (χ3n) is 2.68. The maximum Gasteiger partial charge on any atom is 0.156 e. The molecular weight excluding hydrogens is 354 g/mol. The highest BCUT2D eigenvalue weighted by Gasteiger charge is 2.12. The van der Waals surface area contributed by atoms with Gasteiger partial charge in [0, 0.05) is 22.4 Å². The fourth-order valence-corrected chi connectivity index (χ4v) is 2.71. The molecule has 0 radical (unpaired) electrons. The predicted octanol–water partition coefficient (Wildman–Crippen LogP) is 5.21. The van der Waals surface area contributed by atoms with Gasteiger partial charge in [-0.15, -0.1) is 0 Å². The fourth-order valence-electron chi connectivity index (χ4n) is 1.85. The number of fused-ring (bicyclic) bond motifs is 1. The van der Waals surface area contributed by atoms with Crippen LogP contribution in [0.3, 0.4) is 0 Å². The van der Waals surface area contributed by atoms with Crippen LogP contribution in [0, 0.1) is 5.82 Å². The van der Waals surface area contributed by atoms with E-state index in [-0.39, 0.29) is 5.82 Å². The van der Waals surface area contributed by atoms with Gasteiger partial charge in [0.05, 0.1) is 15.7 Å². The highest BCUT2D eigenvalue weighted by atomic mass is 79.9. The van der Waals surface area contributed by atoms with Gasteiger partial charge in [-0.25, -0.2) is 9.37 Å². The molecule has 1 aromatic carbocycles. The largest absolute Gasteiger partial charge is 0.304 e.